The molecule has 16 N–H and O–H groups in total. The van der Waals surface area contributed by atoms with Gasteiger partial charge in [0.25, 0.3) is 0 Å². The fourth-order valence-corrected chi connectivity index (χ4v) is 9.25. The molecule has 0 spiro atoms. The number of amides is 7. The van der Waals surface area contributed by atoms with Gasteiger partial charge in [-0.2, -0.15) is 0 Å². The fraction of sp³-hybridized carbons (Fsp3) is 0.727. The molecule has 0 aliphatic carbocycles. The van der Waals surface area contributed by atoms with Crippen LogP contribution in [0.2, 0.25) is 0 Å². The third-order valence-corrected chi connectivity index (χ3v) is 13.5. The quantitative estimate of drug-likeness (QED) is 0.0525. The first-order chi connectivity index (χ1) is 36.3. The lowest BCUT2D eigenvalue weighted by Crippen LogP contribution is -2.59. The maximum Gasteiger partial charge on any atom is 0.243 e. The molecule has 1 heterocycles. The molecule has 76 heavy (non-hydrogen) atoms. The van der Waals surface area contributed by atoms with Crippen molar-refractivity contribution in [2.45, 2.75) is 199 Å². The molecule has 1 aromatic rings. The smallest absolute Gasteiger partial charge is 0.243 e. The molecule has 1 aromatic carbocycles. The van der Waals surface area contributed by atoms with E-state index in [1.807, 2.05) is 27.7 Å². The van der Waals surface area contributed by atoms with Crippen LogP contribution >= 0.6 is 0 Å². The average molecular weight is 1070 g/mol. The van der Waals surface area contributed by atoms with Crippen LogP contribution < -0.4 is 60.2 Å². The molecule has 1 saturated heterocycles. The van der Waals surface area contributed by atoms with E-state index in [9.17, 15) is 48.3 Å². The highest BCUT2D eigenvalue weighted by Crippen LogP contribution is 2.20. The van der Waals surface area contributed by atoms with Gasteiger partial charge in [-0.25, -0.2) is 0 Å². The SMILES string of the molecule is CCCCCCC[C@@H](O)CC(=O)C[C@@H](CCCCN)C(=O)N[C@H]1CCNC(=O)[C@H](CC(C)C)NC(=O)[C@H](CCN)NC(=O)[C@H](CCN)CC(=O)[C@H](CC(C)C)NC(=O)[C@@H](Cc2ccccc2)NC(=O)[C@H](CCN)NC1=O. The van der Waals surface area contributed by atoms with Crippen molar-refractivity contribution < 1.29 is 48.3 Å². The van der Waals surface area contributed by atoms with E-state index in [-0.39, 0.29) is 114 Å². The topological polar surface area (TPSA) is 362 Å². The van der Waals surface area contributed by atoms with Crippen LogP contribution in [0.4, 0.5) is 0 Å². The lowest BCUT2D eigenvalue weighted by atomic mass is 9.90. The largest absolute Gasteiger partial charge is 0.393 e. The Hall–Kier alpha value is -5.35. The van der Waals surface area contributed by atoms with E-state index in [2.05, 4.69) is 44.1 Å². The maximum atomic E-state index is 14.5. The molecule has 9 atom stereocenters. The van der Waals surface area contributed by atoms with Crippen LogP contribution in [0.3, 0.4) is 0 Å². The van der Waals surface area contributed by atoms with Crippen LogP contribution in [0, 0.1) is 23.7 Å². The van der Waals surface area contributed by atoms with Crippen LogP contribution in [-0.4, -0.2) is 133 Å². The van der Waals surface area contributed by atoms with Gasteiger partial charge in [0.1, 0.15) is 36.0 Å². The molecule has 2 rings (SSSR count). The van der Waals surface area contributed by atoms with E-state index in [0.717, 1.165) is 32.1 Å². The number of rotatable bonds is 28. The van der Waals surface area contributed by atoms with Gasteiger partial charge in [-0.15, -0.1) is 0 Å². The van der Waals surface area contributed by atoms with Crippen molar-refractivity contribution in [2.24, 2.45) is 46.6 Å². The van der Waals surface area contributed by atoms with Crippen molar-refractivity contribution >= 4 is 52.9 Å². The van der Waals surface area contributed by atoms with Gasteiger partial charge < -0.3 is 65.3 Å². The van der Waals surface area contributed by atoms with E-state index in [4.69, 9.17) is 22.9 Å². The second kappa shape index (κ2) is 37.4. The van der Waals surface area contributed by atoms with Gasteiger partial charge in [-0.1, -0.05) is 103 Å². The maximum absolute atomic E-state index is 14.5. The number of hydrogen-bond donors (Lipinski definition) is 12. The lowest BCUT2D eigenvalue weighted by molar-refractivity contribution is -0.136. The van der Waals surface area contributed by atoms with Crippen LogP contribution in [-0.2, 0) is 49.6 Å². The molecule has 1 aliphatic heterocycles. The Morgan fingerprint density at radius 2 is 1.14 bits per heavy atom. The van der Waals surface area contributed by atoms with E-state index in [0.29, 0.717) is 31.4 Å². The molecular formula is C55H95N11O10. The predicted molar refractivity (Wildman–Crippen MR) is 292 cm³/mol. The summed E-state index contributed by atoms with van der Waals surface area (Å²) in [6.45, 7) is 9.57. The number of unbranched alkanes of at least 4 members (excludes halogenated alkanes) is 5. The number of Topliss-reactive ketones (excluding diaryl/α,β-unsaturated/α-hetero) is 2. The summed E-state index contributed by atoms with van der Waals surface area (Å²) in [7, 11) is 0. The third kappa shape index (κ3) is 26.1. The van der Waals surface area contributed by atoms with Gasteiger partial charge in [0.2, 0.25) is 41.4 Å². The van der Waals surface area contributed by atoms with E-state index < -0.39 is 101 Å². The second-order valence-electron chi connectivity index (χ2n) is 21.3. The molecule has 1 aliphatic rings. The summed E-state index contributed by atoms with van der Waals surface area (Å²) in [6, 6.07) is 1.36. The Morgan fingerprint density at radius 3 is 1.74 bits per heavy atom. The first kappa shape index (κ1) is 66.8. The summed E-state index contributed by atoms with van der Waals surface area (Å²) in [5, 5.41) is 30.1. The average Bonchev–Trinajstić information content (AvgIpc) is 3.36. The van der Waals surface area contributed by atoms with Gasteiger partial charge in [-0.3, -0.25) is 43.2 Å². The number of benzene rings is 1. The number of carbonyl (C=O) groups is 9. The standard InChI is InChI=1S/C55H95N11O10/c1-6-7-8-9-13-19-40(67)34-41(68)32-38(18-14-15-24-56)49(70)62-44-23-28-60-51(72)46(30-36(4)5)65-52(73)42(21-26-58)61-50(71)39(20-25-57)33-48(69)45(29-35(2)3)64-55(76)47(31-37-16-11-10-12-17-37)66-53(74)43(22-27-59)63-54(44)75/h10-12,16-17,35-36,38-40,42-47,67H,6-9,13-15,18-34,56-59H2,1-5H3,(H,60,72)(H,61,71)(H,62,70)(H,63,75)(H,64,76)(H,65,73)(H,66,74)/t38-,39-,40-,42+,43+,44+,45+,46+,47-/m1/s1. The highest BCUT2D eigenvalue weighted by Gasteiger charge is 2.36. The monoisotopic (exact) mass is 1070 g/mol. The van der Waals surface area contributed by atoms with Crippen molar-refractivity contribution in [3.05, 3.63) is 35.9 Å². The van der Waals surface area contributed by atoms with Crippen LogP contribution in [0.15, 0.2) is 30.3 Å². The normalized spacial score (nSPS) is 22.9. The third-order valence-electron chi connectivity index (χ3n) is 13.5. The Bertz CT molecular complexity index is 1960. The van der Waals surface area contributed by atoms with Gasteiger partial charge in [-0.05, 0) is 101 Å². The second-order valence-corrected chi connectivity index (χ2v) is 21.3. The van der Waals surface area contributed by atoms with Gasteiger partial charge in [0.05, 0.1) is 12.1 Å². The summed E-state index contributed by atoms with van der Waals surface area (Å²) < 4.78 is 0. The molecule has 1 fully saturated rings. The predicted octanol–water partition coefficient (Wildman–Crippen LogP) is 1.19. The van der Waals surface area contributed by atoms with Gasteiger partial charge in [0, 0.05) is 44.1 Å². The minimum absolute atomic E-state index is 0.0163. The number of aliphatic hydroxyl groups is 1. The zero-order chi connectivity index (χ0) is 56.6. The van der Waals surface area contributed by atoms with E-state index in [1.54, 1.807) is 30.3 Å². The molecule has 0 aromatic heterocycles. The molecule has 0 radical (unpaired) electrons. The van der Waals surface area contributed by atoms with Gasteiger partial charge >= 0.3 is 0 Å². The fourth-order valence-electron chi connectivity index (χ4n) is 9.25. The van der Waals surface area contributed by atoms with Crippen molar-refractivity contribution in [3.63, 3.8) is 0 Å². The van der Waals surface area contributed by atoms with Crippen molar-refractivity contribution in [3.8, 4) is 0 Å². The lowest BCUT2D eigenvalue weighted by Gasteiger charge is -2.28. The molecule has 7 amide bonds. The number of ketones is 2. The first-order valence-corrected chi connectivity index (χ1v) is 27.9. The molecule has 21 heteroatoms. The van der Waals surface area contributed by atoms with Crippen molar-refractivity contribution in [1.82, 2.24) is 37.2 Å². The molecule has 430 valence electrons. The molecular weight excluding hydrogens is 975 g/mol. The summed E-state index contributed by atoms with van der Waals surface area (Å²) in [6.07, 6.45) is 5.11. The Kier molecular flexibility index (Phi) is 32.9. The first-order valence-electron chi connectivity index (χ1n) is 27.9. The number of nitrogens with one attached hydrogen (secondary N) is 7. The highest BCUT2D eigenvalue weighted by atomic mass is 16.3. The minimum Gasteiger partial charge on any atom is -0.393 e. The number of hydrogen-bond acceptors (Lipinski definition) is 14. The molecule has 0 unspecified atom stereocenters. The van der Waals surface area contributed by atoms with Gasteiger partial charge in [0.15, 0.2) is 5.78 Å². The minimum atomic E-state index is -1.40. The Labute approximate surface area is 451 Å². The van der Waals surface area contributed by atoms with E-state index >= 15 is 0 Å². The highest BCUT2D eigenvalue weighted by molar-refractivity contribution is 5.98. The summed E-state index contributed by atoms with van der Waals surface area (Å²) in [5.41, 5.74) is 24.3. The van der Waals surface area contributed by atoms with Crippen LogP contribution in [0.5, 0.6) is 0 Å². The number of aliphatic hydroxyl groups excluding tert-OH is 1. The molecule has 0 bridgehead atoms. The zero-order valence-electron chi connectivity index (χ0n) is 46.1. The molecule has 21 nitrogen and oxygen atoms in total. The number of carbonyl (C=O) groups excluding carboxylic acids is 9. The van der Waals surface area contributed by atoms with Crippen molar-refractivity contribution in [1.29, 1.82) is 0 Å². The van der Waals surface area contributed by atoms with E-state index in [1.165, 1.54) is 0 Å². The number of nitrogens with two attached hydrogens (primary N) is 4. The summed E-state index contributed by atoms with van der Waals surface area (Å²) in [4.78, 5) is 127. The zero-order valence-corrected chi connectivity index (χ0v) is 46.1. The Balaban J connectivity index is 2.71. The Morgan fingerprint density at radius 1 is 0.605 bits per heavy atom. The van der Waals surface area contributed by atoms with Crippen molar-refractivity contribution in [2.75, 3.05) is 32.7 Å². The van der Waals surface area contributed by atoms with Crippen LogP contribution in [0.25, 0.3) is 0 Å². The molecule has 0 saturated carbocycles. The summed E-state index contributed by atoms with van der Waals surface area (Å²) in [5.74, 6) is -7.88. The van der Waals surface area contributed by atoms with Crippen LogP contribution in [0.1, 0.15) is 156 Å². The summed E-state index contributed by atoms with van der Waals surface area (Å²) >= 11 is 0.